The molecule has 39 heavy (non-hydrogen) atoms. The SMILES string of the molecule is CC(C)C[C@H](NC(=O)OCc1ccccc1)C(=O)N[C@H](CC(C)C)c1csc(N(C=O)Cc2ccccc2)n1. The van der Waals surface area contributed by atoms with E-state index in [1.54, 1.807) is 4.90 Å². The van der Waals surface area contributed by atoms with Crippen LogP contribution in [-0.2, 0) is 27.5 Å². The molecule has 0 aliphatic rings. The minimum atomic E-state index is -0.759. The predicted molar refractivity (Wildman–Crippen MR) is 154 cm³/mol. The quantitative estimate of drug-likeness (QED) is 0.245. The topological polar surface area (TPSA) is 101 Å². The Hall–Kier alpha value is -3.72. The van der Waals surface area contributed by atoms with E-state index >= 15 is 0 Å². The number of nitrogens with one attached hydrogen (secondary N) is 2. The molecule has 0 fully saturated rings. The maximum atomic E-state index is 13.4. The van der Waals surface area contributed by atoms with Gasteiger partial charge in [-0.2, -0.15) is 0 Å². The van der Waals surface area contributed by atoms with Crippen molar-refractivity contribution in [1.82, 2.24) is 15.6 Å². The molecular weight excluding hydrogens is 512 g/mol. The number of rotatable bonds is 14. The number of alkyl carbamates (subject to hydrolysis) is 1. The van der Waals surface area contributed by atoms with Gasteiger partial charge in [-0.25, -0.2) is 9.78 Å². The van der Waals surface area contributed by atoms with Crippen LogP contribution in [0.3, 0.4) is 0 Å². The first-order valence-electron chi connectivity index (χ1n) is 13.2. The Morgan fingerprint density at radius 2 is 1.54 bits per heavy atom. The second kappa shape index (κ2) is 15.0. The number of hydrogen-bond donors (Lipinski definition) is 2. The van der Waals surface area contributed by atoms with E-state index in [-0.39, 0.29) is 30.4 Å². The number of thiazole rings is 1. The van der Waals surface area contributed by atoms with Crippen LogP contribution in [0.15, 0.2) is 66.0 Å². The fourth-order valence-electron chi connectivity index (χ4n) is 4.11. The molecule has 0 spiro atoms. The Morgan fingerprint density at radius 3 is 2.13 bits per heavy atom. The van der Waals surface area contributed by atoms with E-state index in [0.29, 0.717) is 30.2 Å². The summed E-state index contributed by atoms with van der Waals surface area (Å²) in [6, 6.07) is 18.0. The molecule has 2 N–H and O–H groups in total. The summed E-state index contributed by atoms with van der Waals surface area (Å²) in [7, 11) is 0. The molecule has 2 aromatic carbocycles. The lowest BCUT2D eigenvalue weighted by Gasteiger charge is -2.24. The zero-order chi connectivity index (χ0) is 28.2. The number of ether oxygens (including phenoxy) is 1. The second-order valence-corrected chi connectivity index (χ2v) is 11.2. The average Bonchev–Trinajstić information content (AvgIpc) is 3.40. The highest BCUT2D eigenvalue weighted by Crippen LogP contribution is 2.28. The molecular formula is C30H38N4O4S. The van der Waals surface area contributed by atoms with Crippen LogP contribution in [0.4, 0.5) is 9.93 Å². The minimum Gasteiger partial charge on any atom is -0.445 e. The lowest BCUT2D eigenvalue weighted by molar-refractivity contribution is -0.124. The predicted octanol–water partition coefficient (Wildman–Crippen LogP) is 5.85. The van der Waals surface area contributed by atoms with Crippen molar-refractivity contribution in [2.75, 3.05) is 4.90 Å². The fourth-order valence-corrected chi connectivity index (χ4v) is 4.95. The molecule has 2 atom stereocenters. The molecule has 208 valence electrons. The zero-order valence-corrected chi connectivity index (χ0v) is 23.8. The van der Waals surface area contributed by atoms with Crippen LogP contribution in [0.5, 0.6) is 0 Å². The average molecular weight is 551 g/mol. The van der Waals surface area contributed by atoms with E-state index in [2.05, 4.69) is 24.5 Å². The van der Waals surface area contributed by atoms with Crippen molar-refractivity contribution in [3.63, 3.8) is 0 Å². The van der Waals surface area contributed by atoms with Gasteiger partial charge in [0.05, 0.1) is 18.3 Å². The van der Waals surface area contributed by atoms with Crippen LogP contribution in [0.2, 0.25) is 0 Å². The van der Waals surface area contributed by atoms with Gasteiger partial charge in [0.15, 0.2) is 5.13 Å². The van der Waals surface area contributed by atoms with Crippen LogP contribution in [0.1, 0.15) is 63.4 Å². The van der Waals surface area contributed by atoms with Crippen LogP contribution in [-0.4, -0.2) is 29.4 Å². The molecule has 0 saturated heterocycles. The Labute approximate surface area is 234 Å². The molecule has 0 bridgehead atoms. The molecule has 0 aliphatic carbocycles. The van der Waals surface area contributed by atoms with Crippen molar-refractivity contribution in [2.45, 2.75) is 65.8 Å². The summed E-state index contributed by atoms with van der Waals surface area (Å²) < 4.78 is 5.36. The fraction of sp³-hybridized carbons (Fsp3) is 0.400. The van der Waals surface area contributed by atoms with Gasteiger partial charge in [0.25, 0.3) is 0 Å². The van der Waals surface area contributed by atoms with Gasteiger partial charge in [0.1, 0.15) is 12.6 Å². The second-order valence-electron chi connectivity index (χ2n) is 10.4. The minimum absolute atomic E-state index is 0.122. The monoisotopic (exact) mass is 550 g/mol. The van der Waals surface area contributed by atoms with Crippen molar-refractivity contribution in [1.29, 1.82) is 0 Å². The molecule has 1 aromatic heterocycles. The Kier molecular flexibility index (Phi) is 11.5. The maximum absolute atomic E-state index is 13.4. The summed E-state index contributed by atoms with van der Waals surface area (Å²) in [5, 5.41) is 8.28. The van der Waals surface area contributed by atoms with Gasteiger partial charge < -0.3 is 15.4 Å². The number of hydrogen-bond acceptors (Lipinski definition) is 6. The zero-order valence-electron chi connectivity index (χ0n) is 23.0. The van der Waals surface area contributed by atoms with Crippen molar-refractivity contribution < 1.29 is 19.1 Å². The van der Waals surface area contributed by atoms with E-state index in [4.69, 9.17) is 9.72 Å². The summed E-state index contributed by atoms with van der Waals surface area (Å²) in [6.45, 7) is 8.67. The van der Waals surface area contributed by atoms with Crippen LogP contribution in [0.25, 0.3) is 0 Å². The van der Waals surface area contributed by atoms with Gasteiger partial charge in [0, 0.05) is 5.38 Å². The summed E-state index contributed by atoms with van der Waals surface area (Å²) >= 11 is 1.36. The third-order valence-corrected chi connectivity index (χ3v) is 6.88. The number of benzene rings is 2. The third-order valence-electron chi connectivity index (χ3n) is 5.99. The highest BCUT2D eigenvalue weighted by molar-refractivity contribution is 7.13. The summed E-state index contributed by atoms with van der Waals surface area (Å²) in [4.78, 5) is 44.1. The molecule has 0 unspecified atom stereocenters. The van der Waals surface area contributed by atoms with Gasteiger partial charge in [0.2, 0.25) is 12.3 Å². The molecule has 8 nitrogen and oxygen atoms in total. The standard InChI is InChI=1S/C30H38N4O4S/c1-21(2)15-25(27-19-39-29(32-27)34(20-35)17-23-11-7-5-8-12-23)31-28(36)26(16-22(3)4)33-30(37)38-18-24-13-9-6-10-14-24/h5-14,19-22,25-26H,15-18H2,1-4H3,(H,31,36)(H,33,37)/t25-,26+/m1/s1. The Bertz CT molecular complexity index is 1180. The van der Waals surface area contributed by atoms with E-state index in [1.165, 1.54) is 11.3 Å². The first-order chi connectivity index (χ1) is 18.7. The van der Waals surface area contributed by atoms with Gasteiger partial charge in [-0.05, 0) is 35.8 Å². The van der Waals surface area contributed by atoms with E-state index in [0.717, 1.165) is 17.5 Å². The summed E-state index contributed by atoms with van der Waals surface area (Å²) in [5.74, 6) is 0.153. The van der Waals surface area contributed by atoms with Gasteiger partial charge in [-0.1, -0.05) is 88.4 Å². The van der Waals surface area contributed by atoms with Crippen molar-refractivity contribution in [2.24, 2.45) is 11.8 Å². The highest BCUT2D eigenvalue weighted by Gasteiger charge is 2.27. The molecule has 0 aliphatic heterocycles. The number of aromatic nitrogens is 1. The van der Waals surface area contributed by atoms with Crippen LogP contribution >= 0.6 is 11.3 Å². The van der Waals surface area contributed by atoms with Crippen molar-refractivity contribution in [3.8, 4) is 0 Å². The number of anilines is 1. The highest BCUT2D eigenvalue weighted by atomic mass is 32.1. The molecule has 0 radical (unpaired) electrons. The Balaban J connectivity index is 1.70. The number of carbonyl (C=O) groups excluding carboxylic acids is 3. The maximum Gasteiger partial charge on any atom is 0.408 e. The van der Waals surface area contributed by atoms with Crippen molar-refractivity contribution in [3.05, 3.63) is 82.9 Å². The van der Waals surface area contributed by atoms with E-state index in [9.17, 15) is 14.4 Å². The first kappa shape index (κ1) is 29.8. The molecule has 1 heterocycles. The molecule has 3 aromatic rings. The first-order valence-corrected chi connectivity index (χ1v) is 14.1. The third kappa shape index (κ3) is 9.83. The van der Waals surface area contributed by atoms with Gasteiger partial charge in [-0.15, -0.1) is 11.3 Å². The molecule has 3 rings (SSSR count). The van der Waals surface area contributed by atoms with Crippen LogP contribution < -0.4 is 15.5 Å². The van der Waals surface area contributed by atoms with Crippen molar-refractivity contribution >= 4 is 34.9 Å². The molecule has 3 amide bonds. The Morgan fingerprint density at radius 1 is 0.923 bits per heavy atom. The van der Waals surface area contributed by atoms with E-state index in [1.807, 2.05) is 79.9 Å². The van der Waals surface area contributed by atoms with Gasteiger partial charge >= 0.3 is 6.09 Å². The largest absolute Gasteiger partial charge is 0.445 e. The lowest BCUT2D eigenvalue weighted by atomic mass is 9.99. The normalized spacial score (nSPS) is 12.6. The summed E-state index contributed by atoms with van der Waals surface area (Å²) in [5.41, 5.74) is 2.55. The number of nitrogens with zero attached hydrogens (tertiary/aromatic N) is 2. The molecule has 0 saturated carbocycles. The smallest absolute Gasteiger partial charge is 0.408 e. The number of carbonyl (C=O) groups is 3. The molecule has 9 heteroatoms. The summed E-state index contributed by atoms with van der Waals surface area (Å²) in [6.07, 6.45) is 1.24. The lowest BCUT2D eigenvalue weighted by Crippen LogP contribution is -2.48. The van der Waals surface area contributed by atoms with E-state index < -0.39 is 12.1 Å². The number of amides is 3. The van der Waals surface area contributed by atoms with Gasteiger partial charge in [-0.3, -0.25) is 14.5 Å². The van der Waals surface area contributed by atoms with Crippen LogP contribution in [0, 0.1) is 11.8 Å².